The van der Waals surface area contributed by atoms with Crippen LogP contribution < -0.4 is 5.32 Å². The van der Waals surface area contributed by atoms with Crippen molar-refractivity contribution in [3.05, 3.63) is 0 Å². The molecule has 1 atom stereocenters. The zero-order valence-corrected chi connectivity index (χ0v) is 10.5. The van der Waals surface area contributed by atoms with Gasteiger partial charge in [0.1, 0.15) is 0 Å². The van der Waals surface area contributed by atoms with Gasteiger partial charge < -0.3 is 15.3 Å². The Bertz CT molecular complexity index is 196. The lowest BCUT2D eigenvalue weighted by Gasteiger charge is -2.37. The van der Waals surface area contributed by atoms with Gasteiger partial charge in [-0.05, 0) is 45.7 Å². The highest BCUT2D eigenvalue weighted by atomic mass is 16.3. The molecule has 0 radical (unpaired) electrons. The third-order valence-corrected chi connectivity index (χ3v) is 4.16. The van der Waals surface area contributed by atoms with Crippen molar-refractivity contribution in [3.63, 3.8) is 0 Å². The Morgan fingerprint density at radius 1 is 1.19 bits per heavy atom. The van der Waals surface area contributed by atoms with Crippen LogP contribution in [0.15, 0.2) is 0 Å². The molecule has 2 fully saturated rings. The van der Waals surface area contributed by atoms with Gasteiger partial charge in [0, 0.05) is 18.1 Å². The van der Waals surface area contributed by atoms with E-state index in [4.69, 9.17) is 5.11 Å². The van der Waals surface area contributed by atoms with Crippen LogP contribution in [0.3, 0.4) is 0 Å². The van der Waals surface area contributed by atoms with Gasteiger partial charge in [-0.1, -0.05) is 12.8 Å². The molecule has 1 heterocycles. The monoisotopic (exact) mass is 226 g/mol. The van der Waals surface area contributed by atoms with Crippen LogP contribution >= 0.6 is 0 Å². The first-order valence-electron chi connectivity index (χ1n) is 6.90. The smallest absolute Gasteiger partial charge is 0.0582 e. The average Bonchev–Trinajstić information content (AvgIpc) is 2.83. The number of hydrogen-bond acceptors (Lipinski definition) is 3. The van der Waals surface area contributed by atoms with Gasteiger partial charge in [0.15, 0.2) is 0 Å². The Morgan fingerprint density at radius 2 is 1.81 bits per heavy atom. The summed E-state index contributed by atoms with van der Waals surface area (Å²) in [6, 6.07) is 1.76. The summed E-state index contributed by atoms with van der Waals surface area (Å²) in [7, 11) is 0. The van der Waals surface area contributed by atoms with Crippen molar-refractivity contribution in [1.82, 2.24) is 10.2 Å². The quantitative estimate of drug-likeness (QED) is 0.760. The molecule has 94 valence electrons. The Balaban J connectivity index is 1.69. The SMILES string of the molecule is C[C@@H](CO)NC1CCN(C2CCCC2)CC1. The Morgan fingerprint density at radius 3 is 2.38 bits per heavy atom. The number of aliphatic hydroxyl groups excluding tert-OH is 1. The van der Waals surface area contributed by atoms with Gasteiger partial charge in [0.05, 0.1) is 6.61 Å². The largest absolute Gasteiger partial charge is 0.395 e. The van der Waals surface area contributed by atoms with Crippen LogP contribution in [0.2, 0.25) is 0 Å². The molecular weight excluding hydrogens is 200 g/mol. The van der Waals surface area contributed by atoms with Crippen molar-refractivity contribution in [2.75, 3.05) is 19.7 Å². The van der Waals surface area contributed by atoms with Gasteiger partial charge >= 0.3 is 0 Å². The summed E-state index contributed by atoms with van der Waals surface area (Å²) in [6.45, 7) is 4.81. The van der Waals surface area contributed by atoms with Gasteiger partial charge in [0.25, 0.3) is 0 Å². The second-order valence-corrected chi connectivity index (χ2v) is 5.50. The van der Waals surface area contributed by atoms with E-state index in [1.807, 2.05) is 0 Å². The van der Waals surface area contributed by atoms with Crippen molar-refractivity contribution >= 4 is 0 Å². The van der Waals surface area contributed by atoms with Crippen molar-refractivity contribution < 1.29 is 5.11 Å². The van der Waals surface area contributed by atoms with E-state index in [1.54, 1.807) is 0 Å². The Kier molecular flexibility index (Phi) is 4.62. The maximum atomic E-state index is 9.02. The Labute approximate surface area is 99.2 Å². The number of rotatable bonds is 4. The van der Waals surface area contributed by atoms with E-state index in [9.17, 15) is 0 Å². The van der Waals surface area contributed by atoms with Gasteiger partial charge in [-0.25, -0.2) is 0 Å². The lowest BCUT2D eigenvalue weighted by atomic mass is 10.0. The molecule has 0 spiro atoms. The number of nitrogens with zero attached hydrogens (tertiary/aromatic N) is 1. The van der Waals surface area contributed by atoms with Crippen molar-refractivity contribution in [3.8, 4) is 0 Å². The molecule has 1 saturated carbocycles. The van der Waals surface area contributed by atoms with Crippen LogP contribution in [0.5, 0.6) is 0 Å². The first-order valence-corrected chi connectivity index (χ1v) is 6.90. The van der Waals surface area contributed by atoms with E-state index in [1.165, 1.54) is 51.6 Å². The average molecular weight is 226 g/mol. The van der Waals surface area contributed by atoms with Crippen LogP contribution in [-0.2, 0) is 0 Å². The zero-order chi connectivity index (χ0) is 11.4. The van der Waals surface area contributed by atoms with Crippen molar-refractivity contribution in [2.45, 2.75) is 63.6 Å². The lowest BCUT2D eigenvalue weighted by molar-refractivity contribution is 0.135. The third-order valence-electron chi connectivity index (χ3n) is 4.16. The van der Waals surface area contributed by atoms with E-state index in [-0.39, 0.29) is 12.6 Å². The predicted molar refractivity (Wildman–Crippen MR) is 66.5 cm³/mol. The molecule has 0 aromatic carbocycles. The highest BCUT2D eigenvalue weighted by Crippen LogP contribution is 2.26. The molecule has 2 N–H and O–H groups in total. The van der Waals surface area contributed by atoms with E-state index < -0.39 is 0 Å². The van der Waals surface area contributed by atoms with E-state index in [0.29, 0.717) is 6.04 Å². The van der Waals surface area contributed by atoms with Crippen LogP contribution in [0, 0.1) is 0 Å². The van der Waals surface area contributed by atoms with E-state index >= 15 is 0 Å². The van der Waals surface area contributed by atoms with E-state index in [2.05, 4.69) is 17.1 Å². The molecule has 0 amide bonds. The fourth-order valence-corrected chi connectivity index (χ4v) is 3.16. The number of piperidine rings is 1. The number of hydrogen-bond donors (Lipinski definition) is 2. The molecule has 0 aromatic rings. The van der Waals surface area contributed by atoms with E-state index in [0.717, 1.165) is 6.04 Å². The summed E-state index contributed by atoms with van der Waals surface area (Å²) < 4.78 is 0. The second kappa shape index (κ2) is 5.99. The molecule has 0 aromatic heterocycles. The number of nitrogens with one attached hydrogen (secondary N) is 1. The molecule has 1 saturated heterocycles. The molecule has 0 unspecified atom stereocenters. The number of likely N-dealkylation sites (tertiary alicyclic amines) is 1. The molecule has 0 bridgehead atoms. The van der Waals surface area contributed by atoms with Crippen molar-refractivity contribution in [1.29, 1.82) is 0 Å². The van der Waals surface area contributed by atoms with Crippen LogP contribution in [0.1, 0.15) is 45.4 Å². The fourth-order valence-electron chi connectivity index (χ4n) is 3.16. The maximum absolute atomic E-state index is 9.02. The summed E-state index contributed by atoms with van der Waals surface area (Å²) in [5.41, 5.74) is 0. The van der Waals surface area contributed by atoms with Gasteiger partial charge in [0.2, 0.25) is 0 Å². The summed E-state index contributed by atoms with van der Waals surface area (Å²) in [4.78, 5) is 2.69. The minimum Gasteiger partial charge on any atom is -0.395 e. The highest BCUT2D eigenvalue weighted by Gasteiger charge is 2.27. The zero-order valence-electron chi connectivity index (χ0n) is 10.5. The van der Waals surface area contributed by atoms with Crippen LogP contribution in [-0.4, -0.2) is 47.8 Å². The molecular formula is C13H26N2O. The van der Waals surface area contributed by atoms with Gasteiger partial charge in [-0.2, -0.15) is 0 Å². The molecule has 1 aliphatic carbocycles. The highest BCUT2D eigenvalue weighted by molar-refractivity contribution is 4.84. The summed E-state index contributed by atoms with van der Waals surface area (Å²) >= 11 is 0. The minimum absolute atomic E-state index is 0.253. The topological polar surface area (TPSA) is 35.5 Å². The molecule has 16 heavy (non-hydrogen) atoms. The second-order valence-electron chi connectivity index (χ2n) is 5.50. The first kappa shape index (κ1) is 12.3. The number of aliphatic hydroxyl groups is 1. The maximum Gasteiger partial charge on any atom is 0.0582 e. The molecule has 3 heteroatoms. The molecule has 2 rings (SSSR count). The predicted octanol–water partition coefficient (Wildman–Crippen LogP) is 1.36. The molecule has 3 nitrogen and oxygen atoms in total. The summed E-state index contributed by atoms with van der Waals surface area (Å²) in [6.07, 6.45) is 8.22. The first-order chi connectivity index (χ1) is 7.79. The Hall–Kier alpha value is -0.120. The van der Waals surface area contributed by atoms with Crippen molar-refractivity contribution in [2.24, 2.45) is 0 Å². The van der Waals surface area contributed by atoms with Gasteiger partial charge in [-0.15, -0.1) is 0 Å². The summed E-state index contributed by atoms with van der Waals surface area (Å²) in [5, 5.41) is 12.5. The van der Waals surface area contributed by atoms with Gasteiger partial charge in [-0.3, -0.25) is 0 Å². The standard InChI is InChI=1S/C13H26N2O/c1-11(10-16)14-12-6-8-15(9-7-12)13-4-2-3-5-13/h11-14,16H,2-10H2,1H3/t11-/m0/s1. The van der Waals surface area contributed by atoms with Crippen LogP contribution in [0.25, 0.3) is 0 Å². The van der Waals surface area contributed by atoms with Crippen LogP contribution in [0.4, 0.5) is 0 Å². The normalized spacial score (nSPS) is 27.4. The lowest BCUT2D eigenvalue weighted by Crippen LogP contribution is -2.48. The minimum atomic E-state index is 0.253. The fraction of sp³-hybridized carbons (Fsp3) is 1.00. The molecule has 1 aliphatic heterocycles. The molecule has 2 aliphatic rings. The summed E-state index contributed by atoms with van der Waals surface area (Å²) in [5.74, 6) is 0. The third kappa shape index (κ3) is 3.19.